The average Bonchev–Trinajstić information content (AvgIpc) is 2.89. The molecule has 1 saturated carbocycles. The van der Waals surface area contributed by atoms with Gasteiger partial charge in [0.15, 0.2) is 0 Å². The lowest BCUT2D eigenvalue weighted by molar-refractivity contribution is 0.0461. The fourth-order valence-electron chi connectivity index (χ4n) is 1.59. The van der Waals surface area contributed by atoms with E-state index in [0.717, 1.165) is 25.7 Å². The van der Waals surface area contributed by atoms with E-state index >= 15 is 0 Å². The third-order valence-electron chi connectivity index (χ3n) is 2.85. The van der Waals surface area contributed by atoms with Crippen molar-refractivity contribution in [1.82, 2.24) is 0 Å². The molecule has 1 unspecified atom stereocenters. The lowest BCUT2D eigenvalue weighted by Gasteiger charge is -2.27. The van der Waals surface area contributed by atoms with Crippen LogP contribution in [0.2, 0.25) is 0 Å². The van der Waals surface area contributed by atoms with Crippen LogP contribution in [0.5, 0.6) is 0 Å². The maximum atomic E-state index is 5.75. The third-order valence-corrected chi connectivity index (χ3v) is 2.85. The summed E-state index contributed by atoms with van der Waals surface area (Å²) in [7, 11) is 0. The molecule has 0 amide bonds. The molecule has 0 radical (unpaired) electrons. The molecule has 0 spiro atoms. The monoisotopic (exact) mass is 185 g/mol. The third kappa shape index (κ3) is 4.10. The fourth-order valence-corrected chi connectivity index (χ4v) is 1.59. The Morgan fingerprint density at radius 3 is 2.62 bits per heavy atom. The van der Waals surface area contributed by atoms with Crippen molar-refractivity contribution in [3.05, 3.63) is 0 Å². The molecule has 1 aliphatic carbocycles. The zero-order chi connectivity index (χ0) is 9.73. The molecule has 78 valence electrons. The predicted molar refractivity (Wildman–Crippen MR) is 55.6 cm³/mol. The average molecular weight is 185 g/mol. The number of ether oxygens (including phenoxy) is 1. The molecule has 1 rings (SSSR count). The molecule has 0 aromatic rings. The zero-order valence-corrected chi connectivity index (χ0v) is 9.01. The highest BCUT2D eigenvalue weighted by atomic mass is 16.5. The minimum absolute atomic E-state index is 0.212. The van der Waals surface area contributed by atoms with Gasteiger partial charge in [0.05, 0.1) is 6.61 Å². The molecule has 0 saturated heterocycles. The lowest BCUT2D eigenvalue weighted by Crippen LogP contribution is -2.32. The van der Waals surface area contributed by atoms with Crippen LogP contribution in [0, 0.1) is 11.3 Å². The highest BCUT2D eigenvalue weighted by Crippen LogP contribution is 2.30. The fraction of sp³-hybridized carbons (Fsp3) is 1.00. The predicted octanol–water partition coefficient (Wildman–Crippen LogP) is 2.18. The first-order valence-corrected chi connectivity index (χ1v) is 5.48. The van der Waals surface area contributed by atoms with Gasteiger partial charge in [-0.05, 0) is 31.7 Å². The van der Waals surface area contributed by atoms with Gasteiger partial charge < -0.3 is 10.5 Å². The molecule has 13 heavy (non-hydrogen) atoms. The smallest absolute Gasteiger partial charge is 0.0531 e. The van der Waals surface area contributed by atoms with Crippen molar-refractivity contribution in [2.45, 2.75) is 39.5 Å². The Hall–Kier alpha value is -0.0800. The Bertz CT molecular complexity index is 145. The molecular weight excluding hydrogens is 162 g/mol. The van der Waals surface area contributed by atoms with E-state index in [1.54, 1.807) is 0 Å². The van der Waals surface area contributed by atoms with Crippen LogP contribution in [0.15, 0.2) is 0 Å². The van der Waals surface area contributed by atoms with Crippen LogP contribution >= 0.6 is 0 Å². The van der Waals surface area contributed by atoms with Gasteiger partial charge in [-0.2, -0.15) is 0 Å². The van der Waals surface area contributed by atoms with E-state index in [9.17, 15) is 0 Å². The molecule has 0 heterocycles. The number of hydrogen-bond donors (Lipinski definition) is 1. The first-order chi connectivity index (χ1) is 6.20. The second-order valence-electron chi connectivity index (χ2n) is 4.72. The van der Waals surface area contributed by atoms with Crippen LogP contribution < -0.4 is 5.73 Å². The second-order valence-corrected chi connectivity index (χ2v) is 4.72. The highest BCUT2D eigenvalue weighted by Gasteiger charge is 2.25. The molecule has 1 aliphatic rings. The van der Waals surface area contributed by atoms with E-state index < -0.39 is 0 Å². The van der Waals surface area contributed by atoms with E-state index in [4.69, 9.17) is 10.5 Å². The summed E-state index contributed by atoms with van der Waals surface area (Å²) in [5.74, 6) is 0.864. The minimum atomic E-state index is 0.212. The molecule has 0 aromatic heterocycles. The van der Waals surface area contributed by atoms with Crippen molar-refractivity contribution in [1.29, 1.82) is 0 Å². The summed E-state index contributed by atoms with van der Waals surface area (Å²) in [6, 6.07) is 0. The molecule has 2 N–H and O–H groups in total. The molecule has 2 nitrogen and oxygen atoms in total. The highest BCUT2D eigenvalue weighted by molar-refractivity contribution is 4.76. The van der Waals surface area contributed by atoms with Crippen LogP contribution in [-0.2, 0) is 4.74 Å². The Morgan fingerprint density at radius 2 is 2.15 bits per heavy atom. The summed E-state index contributed by atoms with van der Waals surface area (Å²) in [5.41, 5.74) is 5.96. The SMILES string of the molecule is CCCC(C)(CN)COCC1CC1. The van der Waals surface area contributed by atoms with E-state index in [1.807, 2.05) is 0 Å². The van der Waals surface area contributed by atoms with Crippen LogP contribution in [0.1, 0.15) is 39.5 Å². The van der Waals surface area contributed by atoms with Gasteiger partial charge >= 0.3 is 0 Å². The van der Waals surface area contributed by atoms with Gasteiger partial charge in [-0.25, -0.2) is 0 Å². The summed E-state index contributed by atoms with van der Waals surface area (Å²) in [5, 5.41) is 0. The van der Waals surface area contributed by atoms with Crippen molar-refractivity contribution < 1.29 is 4.74 Å². The van der Waals surface area contributed by atoms with E-state index in [1.165, 1.54) is 25.7 Å². The van der Waals surface area contributed by atoms with Gasteiger partial charge in [-0.15, -0.1) is 0 Å². The van der Waals surface area contributed by atoms with Crippen LogP contribution in [0.3, 0.4) is 0 Å². The lowest BCUT2D eigenvalue weighted by atomic mass is 9.87. The van der Waals surface area contributed by atoms with Crippen molar-refractivity contribution in [3.63, 3.8) is 0 Å². The largest absolute Gasteiger partial charge is 0.381 e. The minimum Gasteiger partial charge on any atom is -0.381 e. The summed E-state index contributed by atoms with van der Waals surface area (Å²) < 4.78 is 5.69. The van der Waals surface area contributed by atoms with E-state index in [2.05, 4.69) is 13.8 Å². The molecule has 0 bridgehead atoms. The van der Waals surface area contributed by atoms with Gasteiger partial charge in [-0.3, -0.25) is 0 Å². The van der Waals surface area contributed by atoms with E-state index in [-0.39, 0.29) is 5.41 Å². The topological polar surface area (TPSA) is 35.2 Å². The quantitative estimate of drug-likeness (QED) is 0.660. The standard InChI is InChI=1S/C11H23NO/c1-3-6-11(2,8-12)9-13-7-10-4-5-10/h10H,3-9,12H2,1-2H3. The molecule has 2 heteroatoms. The summed E-state index contributed by atoms with van der Waals surface area (Å²) >= 11 is 0. The van der Waals surface area contributed by atoms with Crippen molar-refractivity contribution in [3.8, 4) is 0 Å². The zero-order valence-electron chi connectivity index (χ0n) is 9.01. The van der Waals surface area contributed by atoms with Gasteiger partial charge in [0.1, 0.15) is 0 Å². The first-order valence-electron chi connectivity index (χ1n) is 5.48. The van der Waals surface area contributed by atoms with E-state index in [0.29, 0.717) is 0 Å². The second kappa shape index (κ2) is 4.97. The molecule has 0 aromatic carbocycles. The Labute approximate surface area is 81.8 Å². The summed E-state index contributed by atoms with van der Waals surface area (Å²) in [4.78, 5) is 0. The van der Waals surface area contributed by atoms with Crippen LogP contribution in [0.25, 0.3) is 0 Å². The Balaban J connectivity index is 2.12. The maximum Gasteiger partial charge on any atom is 0.0531 e. The Kier molecular flexibility index (Phi) is 4.20. The summed E-state index contributed by atoms with van der Waals surface area (Å²) in [6.07, 6.45) is 5.11. The number of rotatable bonds is 7. The molecular formula is C11H23NO. The van der Waals surface area contributed by atoms with Crippen molar-refractivity contribution >= 4 is 0 Å². The maximum absolute atomic E-state index is 5.75. The van der Waals surface area contributed by atoms with Crippen LogP contribution in [-0.4, -0.2) is 19.8 Å². The van der Waals surface area contributed by atoms with Gasteiger partial charge in [0.2, 0.25) is 0 Å². The van der Waals surface area contributed by atoms with Gasteiger partial charge in [-0.1, -0.05) is 20.3 Å². The molecule has 1 fully saturated rings. The summed E-state index contributed by atoms with van der Waals surface area (Å²) in [6.45, 7) is 6.97. The molecule has 1 atom stereocenters. The van der Waals surface area contributed by atoms with Gasteiger partial charge in [0, 0.05) is 12.0 Å². The number of nitrogens with two attached hydrogens (primary N) is 1. The van der Waals surface area contributed by atoms with Crippen LogP contribution in [0.4, 0.5) is 0 Å². The normalized spacial score (nSPS) is 21.5. The molecule has 0 aliphatic heterocycles. The number of hydrogen-bond acceptors (Lipinski definition) is 2. The van der Waals surface area contributed by atoms with Crippen molar-refractivity contribution in [2.24, 2.45) is 17.1 Å². The van der Waals surface area contributed by atoms with Crippen molar-refractivity contribution in [2.75, 3.05) is 19.8 Å². The van der Waals surface area contributed by atoms with Gasteiger partial charge in [0.25, 0.3) is 0 Å². The first kappa shape index (κ1) is 11.0. The Morgan fingerprint density at radius 1 is 1.46 bits per heavy atom.